The largest absolute Gasteiger partial charge is 0.444 e. The minimum absolute atomic E-state index is 0.112. The Morgan fingerprint density at radius 1 is 1.39 bits per heavy atom. The number of aldehydes is 1. The van der Waals surface area contributed by atoms with E-state index < -0.39 is 17.5 Å². The van der Waals surface area contributed by atoms with Crippen LogP contribution >= 0.6 is 0 Å². The molecule has 0 aliphatic heterocycles. The van der Waals surface area contributed by atoms with E-state index in [2.05, 4.69) is 5.32 Å². The van der Waals surface area contributed by atoms with Gasteiger partial charge in [-0.1, -0.05) is 6.07 Å². The van der Waals surface area contributed by atoms with E-state index in [0.29, 0.717) is 11.8 Å². The number of benzene rings is 1. The zero-order chi connectivity index (χ0) is 13.9. The lowest BCUT2D eigenvalue weighted by molar-refractivity contribution is 0.0635. The number of halogens is 1. The molecule has 1 rings (SSSR count). The molecule has 5 heteroatoms. The molecule has 1 amide bonds. The smallest absolute Gasteiger partial charge is 0.412 e. The summed E-state index contributed by atoms with van der Waals surface area (Å²) in [5.74, 6) is -0.673. The number of anilines is 1. The van der Waals surface area contributed by atoms with Crippen LogP contribution in [0.5, 0.6) is 0 Å². The van der Waals surface area contributed by atoms with Gasteiger partial charge in [-0.15, -0.1) is 0 Å². The first kappa shape index (κ1) is 14.2. The highest BCUT2D eigenvalue weighted by atomic mass is 19.1. The van der Waals surface area contributed by atoms with Gasteiger partial charge in [0.15, 0.2) is 6.29 Å². The molecule has 98 valence electrons. The molecule has 1 aromatic rings. The maximum atomic E-state index is 13.6. The fourth-order valence-electron chi connectivity index (χ4n) is 1.38. The highest BCUT2D eigenvalue weighted by Gasteiger charge is 2.19. The van der Waals surface area contributed by atoms with Gasteiger partial charge in [-0.2, -0.15) is 0 Å². The fraction of sp³-hybridized carbons (Fsp3) is 0.385. The Morgan fingerprint density at radius 3 is 2.50 bits per heavy atom. The van der Waals surface area contributed by atoms with Gasteiger partial charge in [0.2, 0.25) is 0 Å². The summed E-state index contributed by atoms with van der Waals surface area (Å²) < 4.78 is 18.6. The molecule has 18 heavy (non-hydrogen) atoms. The van der Waals surface area contributed by atoms with Gasteiger partial charge in [-0.25, -0.2) is 9.18 Å². The molecule has 0 radical (unpaired) electrons. The molecule has 0 unspecified atom stereocenters. The molecule has 0 heterocycles. The average molecular weight is 253 g/mol. The highest BCUT2D eigenvalue weighted by Crippen LogP contribution is 2.22. The molecular weight excluding hydrogens is 237 g/mol. The van der Waals surface area contributed by atoms with Crippen LogP contribution in [-0.2, 0) is 4.74 Å². The van der Waals surface area contributed by atoms with Crippen LogP contribution in [-0.4, -0.2) is 18.0 Å². The Hall–Kier alpha value is -1.91. The van der Waals surface area contributed by atoms with E-state index in [0.717, 1.165) is 0 Å². The van der Waals surface area contributed by atoms with Crippen molar-refractivity contribution in [3.05, 3.63) is 29.1 Å². The number of carbonyl (C=O) groups is 2. The van der Waals surface area contributed by atoms with Gasteiger partial charge < -0.3 is 4.74 Å². The number of carbonyl (C=O) groups excluding carboxylic acids is 2. The minimum atomic E-state index is -0.796. The molecule has 0 aliphatic rings. The second-order valence-corrected chi connectivity index (χ2v) is 4.90. The van der Waals surface area contributed by atoms with Crippen LogP contribution in [0.25, 0.3) is 0 Å². The number of hydrogen-bond acceptors (Lipinski definition) is 3. The molecule has 0 aromatic heterocycles. The summed E-state index contributed by atoms with van der Waals surface area (Å²) in [5, 5.41) is 2.26. The molecule has 0 saturated heterocycles. The van der Waals surface area contributed by atoms with E-state index in [9.17, 15) is 14.0 Å². The second kappa shape index (κ2) is 5.16. The summed E-state index contributed by atoms with van der Waals surface area (Å²) in [6.45, 7) is 6.74. The first-order chi connectivity index (χ1) is 8.24. The minimum Gasteiger partial charge on any atom is -0.444 e. The number of hydrogen-bond donors (Lipinski definition) is 1. The van der Waals surface area contributed by atoms with Crippen LogP contribution < -0.4 is 5.32 Å². The molecule has 0 saturated carbocycles. The number of nitrogens with one attached hydrogen (secondary N) is 1. The third kappa shape index (κ3) is 3.55. The molecule has 4 nitrogen and oxygen atoms in total. The normalized spacial score (nSPS) is 10.9. The Morgan fingerprint density at radius 2 is 2.00 bits per heavy atom. The van der Waals surface area contributed by atoms with Crippen molar-refractivity contribution in [3.8, 4) is 0 Å². The highest BCUT2D eigenvalue weighted by molar-refractivity contribution is 5.94. The van der Waals surface area contributed by atoms with Crippen molar-refractivity contribution in [2.45, 2.75) is 33.3 Å². The van der Waals surface area contributed by atoms with Crippen LogP contribution in [0.4, 0.5) is 14.9 Å². The predicted molar refractivity (Wildman–Crippen MR) is 66.4 cm³/mol. The molecule has 0 bridgehead atoms. The van der Waals surface area contributed by atoms with E-state index in [1.54, 1.807) is 27.7 Å². The maximum absolute atomic E-state index is 13.6. The topological polar surface area (TPSA) is 55.4 Å². The first-order valence-corrected chi connectivity index (χ1v) is 5.49. The number of ether oxygens (including phenoxy) is 1. The van der Waals surface area contributed by atoms with E-state index in [4.69, 9.17) is 4.74 Å². The summed E-state index contributed by atoms with van der Waals surface area (Å²) in [7, 11) is 0. The third-order valence-corrected chi connectivity index (χ3v) is 2.16. The van der Waals surface area contributed by atoms with Crippen molar-refractivity contribution < 1.29 is 18.7 Å². The zero-order valence-corrected chi connectivity index (χ0v) is 10.8. The Balaban J connectivity index is 3.01. The van der Waals surface area contributed by atoms with E-state index in [1.165, 1.54) is 12.1 Å². The third-order valence-electron chi connectivity index (χ3n) is 2.16. The van der Waals surface area contributed by atoms with Crippen LogP contribution in [0, 0.1) is 12.7 Å². The van der Waals surface area contributed by atoms with Crippen LogP contribution in [0.2, 0.25) is 0 Å². The van der Waals surface area contributed by atoms with Gasteiger partial charge in [0.1, 0.15) is 11.4 Å². The van der Waals surface area contributed by atoms with Gasteiger partial charge in [-0.05, 0) is 39.3 Å². The molecule has 0 spiro atoms. The lowest BCUT2D eigenvalue weighted by Crippen LogP contribution is -2.28. The van der Waals surface area contributed by atoms with Crippen molar-refractivity contribution in [3.63, 3.8) is 0 Å². The van der Waals surface area contributed by atoms with Crippen molar-refractivity contribution in [1.82, 2.24) is 0 Å². The zero-order valence-electron chi connectivity index (χ0n) is 10.8. The van der Waals surface area contributed by atoms with Crippen LogP contribution in [0.3, 0.4) is 0 Å². The molecule has 0 fully saturated rings. The van der Waals surface area contributed by atoms with Gasteiger partial charge >= 0.3 is 6.09 Å². The Bertz CT molecular complexity index is 478. The van der Waals surface area contributed by atoms with E-state index in [-0.39, 0.29) is 11.3 Å². The predicted octanol–water partition coefficient (Wildman–Crippen LogP) is 3.29. The van der Waals surface area contributed by atoms with Gasteiger partial charge in [0.05, 0.1) is 5.69 Å². The van der Waals surface area contributed by atoms with Crippen molar-refractivity contribution in [2.24, 2.45) is 0 Å². The quantitative estimate of drug-likeness (QED) is 0.823. The summed E-state index contributed by atoms with van der Waals surface area (Å²) in [4.78, 5) is 22.5. The number of rotatable bonds is 2. The Kier molecular flexibility index (Phi) is 4.06. The first-order valence-electron chi connectivity index (χ1n) is 5.49. The standard InChI is InChI=1S/C13H16FNO3/c1-8-5-6-10(14)11(9(8)7-16)15-12(17)18-13(2,3)4/h5-7H,1-4H3,(H,15,17). The lowest BCUT2D eigenvalue weighted by atomic mass is 10.1. The lowest BCUT2D eigenvalue weighted by Gasteiger charge is -2.20. The fourth-order valence-corrected chi connectivity index (χ4v) is 1.38. The Labute approximate surface area is 105 Å². The van der Waals surface area contributed by atoms with Gasteiger partial charge in [0, 0.05) is 5.56 Å². The molecular formula is C13H16FNO3. The summed E-state index contributed by atoms with van der Waals surface area (Å²) >= 11 is 0. The molecule has 1 N–H and O–H groups in total. The van der Waals surface area contributed by atoms with Gasteiger partial charge in [0.25, 0.3) is 0 Å². The number of amides is 1. The van der Waals surface area contributed by atoms with Crippen LogP contribution in [0.1, 0.15) is 36.7 Å². The van der Waals surface area contributed by atoms with Crippen molar-refractivity contribution in [2.75, 3.05) is 5.32 Å². The summed E-state index contributed by atoms with van der Waals surface area (Å²) in [6, 6.07) is 2.66. The van der Waals surface area contributed by atoms with E-state index >= 15 is 0 Å². The molecule has 1 aromatic carbocycles. The van der Waals surface area contributed by atoms with Crippen molar-refractivity contribution >= 4 is 18.1 Å². The average Bonchev–Trinajstić information content (AvgIpc) is 2.21. The maximum Gasteiger partial charge on any atom is 0.412 e. The summed E-state index contributed by atoms with van der Waals surface area (Å²) in [6.07, 6.45) is -0.291. The monoisotopic (exact) mass is 253 g/mol. The molecule has 0 aliphatic carbocycles. The van der Waals surface area contributed by atoms with Gasteiger partial charge in [-0.3, -0.25) is 10.1 Å². The van der Waals surface area contributed by atoms with Crippen LogP contribution in [0.15, 0.2) is 12.1 Å². The van der Waals surface area contributed by atoms with Crippen molar-refractivity contribution in [1.29, 1.82) is 0 Å². The second-order valence-electron chi connectivity index (χ2n) is 4.90. The summed E-state index contributed by atoms with van der Waals surface area (Å²) in [5.41, 5.74) is -0.149. The number of aryl methyl sites for hydroxylation is 1. The van der Waals surface area contributed by atoms with E-state index in [1.807, 2.05) is 0 Å². The SMILES string of the molecule is Cc1ccc(F)c(NC(=O)OC(C)(C)C)c1C=O. The molecule has 0 atom stereocenters.